The fourth-order valence-electron chi connectivity index (χ4n) is 7.86. The van der Waals surface area contributed by atoms with Crippen LogP contribution in [0.2, 0.25) is 0 Å². The zero-order valence-corrected chi connectivity index (χ0v) is 18.3. The molecule has 4 nitrogen and oxygen atoms in total. The Balaban J connectivity index is 1.65. The van der Waals surface area contributed by atoms with E-state index < -0.39 is 41.9 Å². The van der Waals surface area contributed by atoms with E-state index in [0.29, 0.717) is 19.3 Å². The number of alkyl halides is 3. The van der Waals surface area contributed by atoms with Gasteiger partial charge in [-0.2, -0.15) is 0 Å². The van der Waals surface area contributed by atoms with E-state index in [2.05, 4.69) is 6.92 Å². The molecule has 0 heterocycles. The summed E-state index contributed by atoms with van der Waals surface area (Å²) in [5.41, 5.74) is -4.16. The molecule has 4 saturated carbocycles. The van der Waals surface area contributed by atoms with Gasteiger partial charge in [0.2, 0.25) is 0 Å². The number of carbonyl (C=O) groups is 2. The van der Waals surface area contributed by atoms with Gasteiger partial charge >= 0.3 is 11.9 Å². The first-order valence-electron chi connectivity index (χ1n) is 11.3. The van der Waals surface area contributed by atoms with Crippen molar-refractivity contribution in [2.24, 2.45) is 28.6 Å². The second-order valence-electron chi connectivity index (χ2n) is 10.7. The molecule has 0 amide bonds. The van der Waals surface area contributed by atoms with Gasteiger partial charge in [0.05, 0.1) is 0 Å². The number of carbonyl (C=O) groups excluding carboxylic acids is 2. The van der Waals surface area contributed by atoms with Crippen molar-refractivity contribution in [3.8, 4) is 0 Å². The number of hydrogen-bond donors (Lipinski definition) is 0. The van der Waals surface area contributed by atoms with Crippen molar-refractivity contribution in [2.75, 3.05) is 0 Å². The Morgan fingerprint density at radius 1 is 0.833 bits per heavy atom. The van der Waals surface area contributed by atoms with Crippen molar-refractivity contribution in [1.29, 1.82) is 0 Å². The molecule has 8 atom stereocenters. The van der Waals surface area contributed by atoms with Gasteiger partial charge in [-0.3, -0.25) is 9.59 Å². The summed E-state index contributed by atoms with van der Waals surface area (Å²) in [4.78, 5) is 22.9. The Kier molecular flexibility index (Phi) is 5.02. The molecule has 0 bridgehead atoms. The van der Waals surface area contributed by atoms with E-state index in [-0.39, 0.29) is 41.7 Å². The molecule has 7 heteroatoms. The average molecular weight is 431 g/mol. The fraction of sp³-hybridized carbons (Fsp3) is 0.913. The second-order valence-corrected chi connectivity index (χ2v) is 10.7. The second kappa shape index (κ2) is 6.86. The van der Waals surface area contributed by atoms with E-state index in [4.69, 9.17) is 9.47 Å². The highest BCUT2D eigenvalue weighted by Crippen LogP contribution is 2.71. The number of fused-ring (bicyclic) bond motifs is 5. The van der Waals surface area contributed by atoms with Crippen LogP contribution in [0.4, 0.5) is 13.2 Å². The number of ether oxygens (including phenoxy) is 2. The van der Waals surface area contributed by atoms with E-state index >= 15 is 13.2 Å². The van der Waals surface area contributed by atoms with Crippen LogP contribution in [-0.2, 0) is 19.1 Å². The van der Waals surface area contributed by atoms with Crippen LogP contribution in [0.1, 0.15) is 79.1 Å². The Hall–Kier alpha value is -1.27. The van der Waals surface area contributed by atoms with Crippen molar-refractivity contribution < 1.29 is 32.2 Å². The molecule has 0 unspecified atom stereocenters. The maximum Gasteiger partial charge on any atom is 0.302 e. The largest absolute Gasteiger partial charge is 0.462 e. The Bertz CT molecular complexity index is 742. The summed E-state index contributed by atoms with van der Waals surface area (Å²) in [6.07, 6.45) is 1.57. The molecule has 0 saturated heterocycles. The van der Waals surface area contributed by atoms with Gasteiger partial charge in [0.15, 0.2) is 5.67 Å². The third-order valence-electron chi connectivity index (χ3n) is 9.28. The van der Waals surface area contributed by atoms with Gasteiger partial charge in [-0.15, -0.1) is 0 Å². The van der Waals surface area contributed by atoms with Gasteiger partial charge in [0.1, 0.15) is 12.2 Å². The van der Waals surface area contributed by atoms with Gasteiger partial charge in [-0.1, -0.05) is 13.8 Å². The predicted octanol–water partition coefficient (Wildman–Crippen LogP) is 5.23. The Labute approximate surface area is 176 Å². The van der Waals surface area contributed by atoms with Crippen LogP contribution < -0.4 is 0 Å². The van der Waals surface area contributed by atoms with Gasteiger partial charge in [0, 0.05) is 37.5 Å². The lowest BCUT2D eigenvalue weighted by atomic mass is 9.43. The number of esters is 2. The molecule has 4 aliphatic carbocycles. The summed E-state index contributed by atoms with van der Waals surface area (Å²) in [5, 5.41) is 0. The summed E-state index contributed by atoms with van der Waals surface area (Å²) < 4.78 is 58.1. The highest BCUT2D eigenvalue weighted by molar-refractivity contribution is 5.66. The summed E-state index contributed by atoms with van der Waals surface area (Å²) in [6.45, 7) is 6.37. The van der Waals surface area contributed by atoms with E-state index in [1.54, 1.807) is 6.92 Å². The maximum atomic E-state index is 16.3. The van der Waals surface area contributed by atoms with Crippen LogP contribution >= 0.6 is 0 Å². The van der Waals surface area contributed by atoms with Crippen LogP contribution in [-0.4, -0.2) is 35.7 Å². The molecular formula is C23H33F3O4. The average Bonchev–Trinajstić information content (AvgIpc) is 2.93. The lowest BCUT2D eigenvalue weighted by Gasteiger charge is -2.64. The van der Waals surface area contributed by atoms with Crippen LogP contribution in [0.25, 0.3) is 0 Å². The quantitative estimate of drug-likeness (QED) is 0.563. The van der Waals surface area contributed by atoms with Gasteiger partial charge in [-0.25, -0.2) is 13.2 Å². The lowest BCUT2D eigenvalue weighted by molar-refractivity contribution is -0.295. The molecule has 4 rings (SSSR count). The Morgan fingerprint density at radius 2 is 1.50 bits per heavy atom. The molecule has 170 valence electrons. The lowest BCUT2D eigenvalue weighted by Crippen LogP contribution is -2.69. The first kappa shape index (κ1) is 21.9. The first-order valence-corrected chi connectivity index (χ1v) is 11.3. The molecule has 4 aliphatic rings. The third-order valence-corrected chi connectivity index (χ3v) is 9.28. The van der Waals surface area contributed by atoms with E-state index in [1.165, 1.54) is 13.8 Å². The fourth-order valence-corrected chi connectivity index (χ4v) is 7.86. The van der Waals surface area contributed by atoms with Crippen LogP contribution in [0.5, 0.6) is 0 Å². The summed E-state index contributed by atoms with van der Waals surface area (Å²) in [5.74, 6) is -4.82. The van der Waals surface area contributed by atoms with Gasteiger partial charge in [0.25, 0.3) is 5.92 Å². The van der Waals surface area contributed by atoms with Crippen molar-refractivity contribution in [3.05, 3.63) is 0 Å². The van der Waals surface area contributed by atoms with Crippen LogP contribution in [0, 0.1) is 28.6 Å². The summed E-state index contributed by atoms with van der Waals surface area (Å²) in [7, 11) is 0. The van der Waals surface area contributed by atoms with Crippen molar-refractivity contribution in [1.82, 2.24) is 0 Å². The summed E-state index contributed by atoms with van der Waals surface area (Å²) >= 11 is 0. The number of halogens is 3. The van der Waals surface area contributed by atoms with Crippen LogP contribution in [0.3, 0.4) is 0 Å². The van der Waals surface area contributed by atoms with Crippen molar-refractivity contribution >= 4 is 11.9 Å². The van der Waals surface area contributed by atoms with Crippen LogP contribution in [0.15, 0.2) is 0 Å². The predicted molar refractivity (Wildman–Crippen MR) is 104 cm³/mol. The molecular weight excluding hydrogens is 397 g/mol. The minimum atomic E-state index is -3.49. The minimum Gasteiger partial charge on any atom is -0.462 e. The molecule has 0 radical (unpaired) electrons. The van der Waals surface area contributed by atoms with E-state index in [0.717, 1.165) is 12.8 Å². The number of hydrogen-bond acceptors (Lipinski definition) is 4. The molecule has 30 heavy (non-hydrogen) atoms. The molecule has 0 N–H and O–H groups in total. The summed E-state index contributed by atoms with van der Waals surface area (Å²) in [6, 6.07) is 0. The standard InChI is InChI=1S/C23H33F3O4/c1-13(27)29-15-7-10-21(4)18-8-9-20(3)17(5-6-19(20)30-14(2)28)16(18)12-23(25,26)22(21,24)11-15/h15-19H,5-12H2,1-4H3/t15-,16+,17+,18+,19+,20+,21-,22-/m1/s1. The van der Waals surface area contributed by atoms with E-state index in [1.807, 2.05) is 0 Å². The third kappa shape index (κ3) is 2.93. The molecule has 0 aromatic carbocycles. The van der Waals surface area contributed by atoms with Crippen molar-refractivity contribution in [2.45, 2.75) is 103 Å². The first-order chi connectivity index (χ1) is 13.8. The Morgan fingerprint density at radius 3 is 2.13 bits per heavy atom. The molecule has 0 aromatic rings. The van der Waals surface area contributed by atoms with Gasteiger partial charge in [-0.05, 0) is 56.3 Å². The molecule has 0 aliphatic heterocycles. The zero-order chi connectivity index (χ0) is 22.1. The smallest absolute Gasteiger partial charge is 0.302 e. The highest BCUT2D eigenvalue weighted by Gasteiger charge is 2.75. The SMILES string of the molecule is CC(=O)O[C@@H]1CC[C@]2(C)[C@H]3CC[C@]4(C)[C@@H](OC(C)=O)CC[C@H]4[C@@H]3CC(F)(F)[C@@]2(F)C1. The molecule has 0 aromatic heterocycles. The zero-order valence-electron chi connectivity index (χ0n) is 18.3. The molecule has 4 fully saturated rings. The maximum absolute atomic E-state index is 16.3. The number of rotatable bonds is 2. The minimum absolute atomic E-state index is 0.000886. The highest BCUT2D eigenvalue weighted by atomic mass is 19.3. The van der Waals surface area contributed by atoms with Crippen molar-refractivity contribution in [3.63, 3.8) is 0 Å². The topological polar surface area (TPSA) is 52.6 Å². The normalized spacial score (nSPS) is 49.4. The van der Waals surface area contributed by atoms with E-state index in [9.17, 15) is 9.59 Å². The molecule has 0 spiro atoms. The monoisotopic (exact) mass is 430 g/mol. The van der Waals surface area contributed by atoms with Gasteiger partial charge < -0.3 is 9.47 Å².